The van der Waals surface area contributed by atoms with Gasteiger partial charge in [-0.15, -0.1) is 92.7 Å². The molecule has 2 nitrogen and oxygen atoms in total. The first-order valence-corrected chi connectivity index (χ1v) is 18.1. The van der Waals surface area contributed by atoms with Gasteiger partial charge in [-0.25, -0.2) is 0 Å². The Morgan fingerprint density at radius 3 is 1.07 bits per heavy atom. The predicted octanol–water partition coefficient (Wildman–Crippen LogP) is 10.5. The van der Waals surface area contributed by atoms with Crippen molar-refractivity contribution in [2.24, 2.45) is 0 Å². The SMILES string of the molecule is C[SiH]C.Cc1cc(Br)cc(C)c1[O-].Cc1cc(Br)cc(C)c1[O-].Cc1cc2ccccc2[cH-]1.Cc1cc2ccccc2[cH-]1.[Zr+4]. The second-order valence-corrected chi connectivity index (χ2v) is 13.6. The first-order chi connectivity index (χ1) is 20.4. The molecule has 44 heavy (non-hydrogen) atoms. The van der Waals surface area contributed by atoms with Crippen LogP contribution in [-0.2, 0) is 26.2 Å². The van der Waals surface area contributed by atoms with Crippen LogP contribution in [0.15, 0.2) is 106 Å². The molecular formula is C38H41Br2O2SiZr. The van der Waals surface area contributed by atoms with Crippen molar-refractivity contribution in [3.63, 3.8) is 0 Å². The minimum Gasteiger partial charge on any atom is -0.872 e. The first-order valence-electron chi connectivity index (χ1n) is 14.2. The van der Waals surface area contributed by atoms with Gasteiger partial charge in [0.1, 0.15) is 0 Å². The summed E-state index contributed by atoms with van der Waals surface area (Å²) in [5.41, 5.74) is 5.89. The number of rotatable bonds is 0. The fraction of sp³-hybridized carbons (Fsp3) is 0.211. The standard InChI is InChI=1S/2C10H9.2C8H9BrO.C2H7Si.Zr/c2*1-8-6-9-4-2-3-5-10(9)7-8;2*1-5-3-7(9)4-6(2)8(5)10;1-3-2;/h2*2-7H,1H3;2*3-4,10H,1-2H3;3H,1-2H3;/q2*-1;;;;+4/p-2. The van der Waals surface area contributed by atoms with Gasteiger partial charge >= 0.3 is 26.2 Å². The molecule has 0 amide bonds. The van der Waals surface area contributed by atoms with E-state index in [4.69, 9.17) is 0 Å². The molecule has 6 aromatic rings. The van der Waals surface area contributed by atoms with Crippen molar-refractivity contribution in [3.8, 4) is 11.5 Å². The molecule has 6 rings (SSSR count). The molecule has 0 aromatic heterocycles. The molecule has 0 fully saturated rings. The molecule has 0 spiro atoms. The van der Waals surface area contributed by atoms with E-state index in [9.17, 15) is 10.2 Å². The minimum absolute atomic E-state index is 0. The molecule has 0 unspecified atom stereocenters. The van der Waals surface area contributed by atoms with Crippen LogP contribution in [0.25, 0.3) is 21.5 Å². The van der Waals surface area contributed by atoms with Gasteiger partial charge in [0.2, 0.25) is 0 Å². The van der Waals surface area contributed by atoms with E-state index >= 15 is 0 Å². The van der Waals surface area contributed by atoms with Gasteiger partial charge in [0.05, 0.1) is 0 Å². The Morgan fingerprint density at radius 2 is 0.795 bits per heavy atom. The summed E-state index contributed by atoms with van der Waals surface area (Å²) in [5, 5.41) is 27.6. The van der Waals surface area contributed by atoms with Crippen LogP contribution in [0.4, 0.5) is 0 Å². The third-order valence-corrected chi connectivity index (χ3v) is 7.29. The maximum Gasteiger partial charge on any atom is 4.00 e. The van der Waals surface area contributed by atoms with Crippen LogP contribution < -0.4 is 10.2 Å². The van der Waals surface area contributed by atoms with E-state index in [0.717, 1.165) is 40.7 Å². The monoisotopic (exact) mass is 805 g/mol. The first kappa shape index (κ1) is 39.8. The third kappa shape index (κ3) is 13.0. The van der Waals surface area contributed by atoms with Crippen LogP contribution in [-0.4, -0.2) is 9.52 Å². The van der Waals surface area contributed by atoms with Gasteiger partial charge in [-0.05, 0) is 52.0 Å². The molecule has 0 saturated carbocycles. The van der Waals surface area contributed by atoms with Crippen molar-refractivity contribution >= 4 is 62.9 Å². The Bertz CT molecular complexity index is 1500. The summed E-state index contributed by atoms with van der Waals surface area (Å²) in [4.78, 5) is 0. The van der Waals surface area contributed by atoms with E-state index in [0.29, 0.717) is 0 Å². The minimum atomic E-state index is 0. The van der Waals surface area contributed by atoms with E-state index in [1.165, 1.54) is 32.7 Å². The zero-order chi connectivity index (χ0) is 32.1. The van der Waals surface area contributed by atoms with Crippen molar-refractivity contribution in [1.29, 1.82) is 0 Å². The van der Waals surface area contributed by atoms with E-state index < -0.39 is 0 Å². The van der Waals surface area contributed by atoms with Crippen molar-refractivity contribution in [3.05, 3.63) is 139 Å². The molecular weight excluding hydrogens is 768 g/mol. The smallest absolute Gasteiger partial charge is 0.872 e. The van der Waals surface area contributed by atoms with Gasteiger partial charge in [0.25, 0.3) is 0 Å². The largest absolute Gasteiger partial charge is 4.00 e. The Morgan fingerprint density at radius 1 is 0.523 bits per heavy atom. The molecule has 0 atom stereocenters. The zero-order valence-corrected chi connectivity index (χ0v) is 33.7. The van der Waals surface area contributed by atoms with E-state index in [2.05, 4.69) is 132 Å². The Hall–Kier alpha value is -2.24. The molecule has 6 aromatic carbocycles. The second kappa shape index (κ2) is 20.0. The molecule has 0 heterocycles. The molecule has 6 heteroatoms. The molecule has 1 radical (unpaired) electrons. The fourth-order valence-electron chi connectivity index (χ4n) is 4.41. The molecule has 0 saturated heterocycles. The van der Waals surface area contributed by atoms with Gasteiger partial charge in [-0.2, -0.15) is 12.1 Å². The van der Waals surface area contributed by atoms with Crippen LogP contribution in [0, 0.1) is 41.5 Å². The molecule has 0 aliphatic heterocycles. The summed E-state index contributed by atoms with van der Waals surface area (Å²) in [7, 11) is 0.750. The van der Waals surface area contributed by atoms with Gasteiger partial charge in [-0.3, -0.25) is 0 Å². The number of aryl methyl sites for hydroxylation is 6. The fourth-order valence-corrected chi connectivity index (χ4v) is 5.78. The summed E-state index contributed by atoms with van der Waals surface area (Å²) in [5.74, 6) is 0.284. The van der Waals surface area contributed by atoms with Crippen molar-refractivity contribution in [2.45, 2.75) is 54.6 Å². The van der Waals surface area contributed by atoms with Crippen molar-refractivity contribution < 1.29 is 36.4 Å². The molecule has 0 aliphatic carbocycles. The summed E-state index contributed by atoms with van der Waals surface area (Å²) < 4.78 is 1.95. The van der Waals surface area contributed by atoms with Gasteiger partial charge < -0.3 is 10.2 Å². The van der Waals surface area contributed by atoms with Crippen molar-refractivity contribution in [2.75, 3.05) is 0 Å². The number of hydrogen-bond acceptors (Lipinski definition) is 2. The Balaban J connectivity index is 0.000000282. The van der Waals surface area contributed by atoms with Crippen LogP contribution in [0.2, 0.25) is 13.1 Å². The van der Waals surface area contributed by atoms with Crippen LogP contribution >= 0.6 is 31.9 Å². The quantitative estimate of drug-likeness (QED) is 0.113. The van der Waals surface area contributed by atoms with E-state index in [1.54, 1.807) is 0 Å². The van der Waals surface area contributed by atoms with Gasteiger partial charge in [0.15, 0.2) is 0 Å². The molecule has 0 bridgehead atoms. The summed E-state index contributed by atoms with van der Waals surface area (Å²) in [6, 6.07) is 33.0. The number of benzene rings is 4. The summed E-state index contributed by atoms with van der Waals surface area (Å²) >= 11 is 6.62. The average molecular weight is 809 g/mol. The van der Waals surface area contributed by atoms with Crippen LogP contribution in [0.5, 0.6) is 11.5 Å². The zero-order valence-electron chi connectivity index (χ0n) is 26.9. The van der Waals surface area contributed by atoms with Gasteiger partial charge in [0, 0.05) is 18.5 Å². The Kier molecular flexibility index (Phi) is 18.1. The molecule has 0 N–H and O–H groups in total. The number of halogens is 2. The van der Waals surface area contributed by atoms with E-state index in [-0.39, 0.29) is 37.7 Å². The second-order valence-electron chi connectivity index (χ2n) is 10.6. The van der Waals surface area contributed by atoms with Crippen LogP contribution in [0.3, 0.4) is 0 Å². The van der Waals surface area contributed by atoms with Crippen molar-refractivity contribution in [1.82, 2.24) is 0 Å². The third-order valence-electron chi connectivity index (χ3n) is 6.37. The number of fused-ring (bicyclic) bond motifs is 2. The Labute approximate surface area is 302 Å². The summed E-state index contributed by atoms with van der Waals surface area (Å²) in [6.07, 6.45) is 0. The summed E-state index contributed by atoms with van der Waals surface area (Å²) in [6.45, 7) is 15.9. The maximum absolute atomic E-state index is 11.1. The topological polar surface area (TPSA) is 46.1 Å². The average Bonchev–Trinajstić information content (AvgIpc) is 3.52. The molecule has 227 valence electrons. The van der Waals surface area contributed by atoms with Gasteiger partial charge in [-0.1, -0.05) is 93.2 Å². The predicted molar refractivity (Wildman–Crippen MR) is 194 cm³/mol. The normalized spacial score (nSPS) is 9.68. The maximum atomic E-state index is 11.1. The number of hydrogen-bond donors (Lipinski definition) is 0. The van der Waals surface area contributed by atoms with E-state index in [1.807, 2.05) is 52.0 Å². The molecule has 0 aliphatic rings. The van der Waals surface area contributed by atoms with Crippen LogP contribution in [0.1, 0.15) is 33.4 Å².